The Bertz CT molecular complexity index is 521. The largest absolute Gasteiger partial charge is 0.478 e. The fourth-order valence-electron chi connectivity index (χ4n) is 2.69. The SMILES string of the molecule is O=C(O)c1cc(F)cnc1N1CCC2(CC1)OCCO2. The maximum Gasteiger partial charge on any atom is 0.339 e. The first-order valence-electron chi connectivity index (χ1n) is 6.51. The quantitative estimate of drug-likeness (QED) is 0.880. The average molecular weight is 282 g/mol. The van der Waals surface area contributed by atoms with Crippen LogP contribution < -0.4 is 4.90 Å². The minimum Gasteiger partial charge on any atom is -0.478 e. The van der Waals surface area contributed by atoms with Crippen LogP contribution in [0.15, 0.2) is 12.3 Å². The van der Waals surface area contributed by atoms with Crippen molar-refractivity contribution >= 4 is 11.8 Å². The van der Waals surface area contributed by atoms with Crippen molar-refractivity contribution in [1.82, 2.24) is 4.98 Å². The van der Waals surface area contributed by atoms with E-state index in [2.05, 4.69) is 4.98 Å². The van der Waals surface area contributed by atoms with Gasteiger partial charge in [-0.05, 0) is 6.07 Å². The zero-order chi connectivity index (χ0) is 14.2. The number of hydrogen-bond acceptors (Lipinski definition) is 5. The normalized spacial score (nSPS) is 21.4. The van der Waals surface area contributed by atoms with Crippen molar-refractivity contribution < 1.29 is 23.8 Å². The molecule has 0 saturated carbocycles. The minimum atomic E-state index is -1.18. The highest BCUT2D eigenvalue weighted by molar-refractivity contribution is 5.93. The summed E-state index contributed by atoms with van der Waals surface area (Å²) in [6.45, 7) is 2.32. The van der Waals surface area contributed by atoms with Crippen LogP contribution in [0.5, 0.6) is 0 Å². The molecule has 2 fully saturated rings. The number of hydrogen-bond donors (Lipinski definition) is 1. The maximum atomic E-state index is 13.1. The first kappa shape index (κ1) is 13.3. The highest BCUT2D eigenvalue weighted by Gasteiger charge is 2.40. The van der Waals surface area contributed by atoms with Crippen LogP contribution in [0.4, 0.5) is 10.2 Å². The van der Waals surface area contributed by atoms with E-state index in [0.29, 0.717) is 45.0 Å². The molecule has 7 heteroatoms. The van der Waals surface area contributed by atoms with Crippen LogP contribution in [-0.2, 0) is 9.47 Å². The van der Waals surface area contributed by atoms with Crippen molar-refractivity contribution in [2.75, 3.05) is 31.2 Å². The molecular weight excluding hydrogens is 267 g/mol. The van der Waals surface area contributed by atoms with Crippen LogP contribution in [0.1, 0.15) is 23.2 Å². The molecule has 1 N–H and O–H groups in total. The number of halogens is 1. The summed E-state index contributed by atoms with van der Waals surface area (Å²) in [4.78, 5) is 16.9. The third-order valence-corrected chi connectivity index (χ3v) is 3.70. The molecule has 2 aliphatic heterocycles. The summed E-state index contributed by atoms with van der Waals surface area (Å²) in [6.07, 6.45) is 2.32. The van der Waals surface area contributed by atoms with E-state index in [-0.39, 0.29) is 5.56 Å². The van der Waals surface area contributed by atoms with Gasteiger partial charge < -0.3 is 19.5 Å². The highest BCUT2D eigenvalue weighted by atomic mass is 19.1. The van der Waals surface area contributed by atoms with Crippen LogP contribution in [0.2, 0.25) is 0 Å². The van der Waals surface area contributed by atoms with Gasteiger partial charge in [-0.25, -0.2) is 14.2 Å². The lowest BCUT2D eigenvalue weighted by Gasteiger charge is -2.38. The van der Waals surface area contributed by atoms with Gasteiger partial charge in [-0.1, -0.05) is 0 Å². The van der Waals surface area contributed by atoms with E-state index in [0.717, 1.165) is 12.3 Å². The summed E-state index contributed by atoms with van der Waals surface area (Å²) in [5.74, 6) is -2.06. The van der Waals surface area contributed by atoms with E-state index in [9.17, 15) is 9.18 Å². The molecule has 0 amide bonds. The molecule has 0 radical (unpaired) electrons. The number of aromatic nitrogens is 1. The topological polar surface area (TPSA) is 71.9 Å². The Morgan fingerprint density at radius 2 is 2.00 bits per heavy atom. The van der Waals surface area contributed by atoms with Gasteiger partial charge in [-0.3, -0.25) is 0 Å². The number of anilines is 1. The van der Waals surface area contributed by atoms with Gasteiger partial charge in [0.25, 0.3) is 0 Å². The van der Waals surface area contributed by atoms with Crippen LogP contribution in [0.3, 0.4) is 0 Å². The Kier molecular flexibility index (Phi) is 3.31. The number of nitrogens with zero attached hydrogens (tertiary/aromatic N) is 2. The minimum absolute atomic E-state index is 0.116. The average Bonchev–Trinajstić information content (AvgIpc) is 2.88. The second kappa shape index (κ2) is 4.99. The Balaban J connectivity index is 1.79. The molecule has 3 rings (SSSR count). The number of carboxylic acids is 1. The lowest BCUT2D eigenvalue weighted by Crippen LogP contribution is -2.45. The second-order valence-corrected chi connectivity index (χ2v) is 4.92. The summed E-state index contributed by atoms with van der Waals surface area (Å²) >= 11 is 0. The molecule has 0 unspecified atom stereocenters. The van der Waals surface area contributed by atoms with E-state index in [1.165, 1.54) is 0 Å². The third kappa shape index (κ3) is 2.34. The molecule has 20 heavy (non-hydrogen) atoms. The van der Waals surface area contributed by atoms with Crippen LogP contribution in [0, 0.1) is 5.82 Å². The van der Waals surface area contributed by atoms with Gasteiger partial charge in [0.15, 0.2) is 5.79 Å². The molecule has 1 spiro atoms. The van der Waals surface area contributed by atoms with E-state index in [1.807, 2.05) is 4.90 Å². The second-order valence-electron chi connectivity index (χ2n) is 4.92. The van der Waals surface area contributed by atoms with Crippen molar-refractivity contribution in [3.05, 3.63) is 23.6 Å². The van der Waals surface area contributed by atoms with Gasteiger partial charge in [0.05, 0.1) is 19.4 Å². The lowest BCUT2D eigenvalue weighted by atomic mass is 10.0. The Morgan fingerprint density at radius 3 is 2.60 bits per heavy atom. The number of carbonyl (C=O) groups is 1. The molecule has 0 atom stereocenters. The van der Waals surface area contributed by atoms with Crippen LogP contribution in [0.25, 0.3) is 0 Å². The number of aromatic carboxylic acids is 1. The predicted molar refractivity (Wildman–Crippen MR) is 67.2 cm³/mol. The lowest BCUT2D eigenvalue weighted by molar-refractivity contribution is -0.169. The van der Waals surface area contributed by atoms with Gasteiger partial charge in [-0.2, -0.15) is 0 Å². The molecule has 2 aliphatic rings. The molecule has 0 aliphatic carbocycles. The highest BCUT2D eigenvalue weighted by Crippen LogP contribution is 2.33. The zero-order valence-electron chi connectivity index (χ0n) is 10.8. The Hall–Kier alpha value is -1.73. The van der Waals surface area contributed by atoms with E-state index in [1.54, 1.807) is 0 Å². The zero-order valence-corrected chi connectivity index (χ0v) is 10.8. The first-order chi connectivity index (χ1) is 9.60. The van der Waals surface area contributed by atoms with E-state index >= 15 is 0 Å². The molecular formula is C13H15FN2O4. The van der Waals surface area contributed by atoms with E-state index in [4.69, 9.17) is 14.6 Å². The maximum absolute atomic E-state index is 13.1. The van der Waals surface area contributed by atoms with Crippen molar-refractivity contribution in [2.45, 2.75) is 18.6 Å². The Morgan fingerprint density at radius 1 is 1.35 bits per heavy atom. The smallest absolute Gasteiger partial charge is 0.339 e. The molecule has 1 aromatic heterocycles. The number of pyridine rings is 1. The Labute approximate surface area is 115 Å². The number of rotatable bonds is 2. The van der Waals surface area contributed by atoms with Crippen LogP contribution in [-0.4, -0.2) is 48.2 Å². The van der Waals surface area contributed by atoms with Gasteiger partial charge in [0, 0.05) is 25.9 Å². The summed E-state index contributed by atoms with van der Waals surface area (Å²) < 4.78 is 24.4. The van der Waals surface area contributed by atoms with Crippen LogP contribution >= 0.6 is 0 Å². The fourth-order valence-corrected chi connectivity index (χ4v) is 2.69. The standard InChI is InChI=1S/C13H15FN2O4/c14-9-7-10(12(17)18)11(15-8-9)16-3-1-13(2-4-16)19-5-6-20-13/h7-8H,1-6H2,(H,17,18). The fraction of sp³-hybridized carbons (Fsp3) is 0.538. The summed E-state index contributed by atoms with van der Waals surface area (Å²) in [6, 6.07) is 0.998. The monoisotopic (exact) mass is 282 g/mol. The molecule has 108 valence electrons. The van der Waals surface area contributed by atoms with Crippen molar-refractivity contribution in [1.29, 1.82) is 0 Å². The number of carboxylic acid groups (broad SMARTS) is 1. The summed E-state index contributed by atoms with van der Waals surface area (Å²) in [5, 5.41) is 9.14. The molecule has 1 aromatic rings. The molecule has 0 aromatic carbocycles. The molecule has 0 bridgehead atoms. The third-order valence-electron chi connectivity index (χ3n) is 3.70. The number of piperidine rings is 1. The van der Waals surface area contributed by atoms with Crippen molar-refractivity contribution in [3.63, 3.8) is 0 Å². The summed E-state index contributed by atoms with van der Waals surface area (Å²) in [7, 11) is 0. The van der Waals surface area contributed by atoms with E-state index < -0.39 is 17.6 Å². The van der Waals surface area contributed by atoms with Gasteiger partial charge in [0.2, 0.25) is 0 Å². The van der Waals surface area contributed by atoms with Gasteiger partial charge >= 0.3 is 5.97 Å². The number of ether oxygens (including phenoxy) is 2. The van der Waals surface area contributed by atoms with Gasteiger partial charge in [0.1, 0.15) is 17.2 Å². The molecule has 3 heterocycles. The first-order valence-corrected chi connectivity index (χ1v) is 6.51. The predicted octanol–water partition coefficient (Wildman–Crippen LogP) is 1.26. The van der Waals surface area contributed by atoms with Crippen molar-refractivity contribution in [2.24, 2.45) is 0 Å². The summed E-state index contributed by atoms with van der Waals surface area (Å²) in [5.41, 5.74) is -0.116. The van der Waals surface area contributed by atoms with Crippen molar-refractivity contribution in [3.8, 4) is 0 Å². The molecule has 6 nitrogen and oxygen atoms in total. The van der Waals surface area contributed by atoms with Gasteiger partial charge in [-0.15, -0.1) is 0 Å². The molecule has 2 saturated heterocycles.